The Kier molecular flexibility index (Phi) is 8.16. The third-order valence-corrected chi connectivity index (χ3v) is 9.57. The Balaban J connectivity index is 1.20. The topological polar surface area (TPSA) is 110 Å². The summed E-state index contributed by atoms with van der Waals surface area (Å²) in [6, 6.07) is 9.79. The maximum absolute atomic E-state index is 13.5. The molecule has 4 aromatic rings. The van der Waals surface area contributed by atoms with Gasteiger partial charge in [-0.25, -0.2) is 18.4 Å². The van der Waals surface area contributed by atoms with Crippen LogP contribution in [0.5, 0.6) is 0 Å². The number of imidazole rings is 2. The molecule has 1 saturated heterocycles. The van der Waals surface area contributed by atoms with E-state index in [4.69, 9.17) is 0 Å². The molecule has 9 nitrogen and oxygen atoms in total. The fraction of sp³-hybridized carbons (Fsp3) is 0.385. The fourth-order valence-electron chi connectivity index (χ4n) is 4.65. The number of thiophene rings is 1. The van der Waals surface area contributed by atoms with E-state index in [1.807, 2.05) is 23.5 Å². The molecule has 0 aliphatic carbocycles. The number of sulfonamides is 1. The maximum Gasteiger partial charge on any atom is 0.243 e. The molecule has 1 fully saturated rings. The zero-order valence-corrected chi connectivity index (χ0v) is 22.6. The van der Waals surface area contributed by atoms with Crippen molar-refractivity contribution in [1.82, 2.24) is 34.5 Å². The van der Waals surface area contributed by atoms with Gasteiger partial charge >= 0.3 is 0 Å². The van der Waals surface area contributed by atoms with Gasteiger partial charge in [0.05, 0.1) is 18.0 Å². The Morgan fingerprint density at radius 3 is 2.38 bits per heavy atom. The molecule has 1 aliphatic heterocycles. The molecule has 4 heterocycles. The zero-order chi connectivity index (χ0) is 25.7. The smallest absolute Gasteiger partial charge is 0.243 e. The summed E-state index contributed by atoms with van der Waals surface area (Å²) in [4.78, 5) is 18.6. The van der Waals surface area contributed by atoms with E-state index in [9.17, 15) is 8.42 Å². The average molecular weight is 540 g/mol. The van der Waals surface area contributed by atoms with Crippen LogP contribution in [0, 0.1) is 6.92 Å². The van der Waals surface area contributed by atoms with Crippen LogP contribution in [0.2, 0.25) is 0 Å². The third-order valence-electron chi connectivity index (χ3n) is 6.76. The Hall–Kier alpha value is -2.83. The van der Waals surface area contributed by atoms with Gasteiger partial charge in [-0.05, 0) is 61.0 Å². The summed E-state index contributed by atoms with van der Waals surface area (Å²) in [5.74, 6) is 1.15. The van der Waals surface area contributed by atoms with Gasteiger partial charge in [-0.15, -0.1) is 11.3 Å². The van der Waals surface area contributed by atoms with Gasteiger partial charge in [-0.1, -0.05) is 12.1 Å². The Morgan fingerprint density at radius 1 is 1.08 bits per heavy atom. The number of piperidine rings is 1. The molecule has 3 aromatic heterocycles. The van der Waals surface area contributed by atoms with Crippen LogP contribution in [-0.2, 0) is 36.2 Å². The summed E-state index contributed by atoms with van der Waals surface area (Å²) in [5, 5.41) is 5.85. The van der Waals surface area contributed by atoms with Gasteiger partial charge in [0.15, 0.2) is 0 Å². The molecule has 0 spiro atoms. The van der Waals surface area contributed by atoms with Gasteiger partial charge in [0.2, 0.25) is 10.0 Å². The monoisotopic (exact) mass is 539 g/mol. The van der Waals surface area contributed by atoms with Crippen molar-refractivity contribution in [2.75, 3.05) is 13.1 Å². The first-order valence-electron chi connectivity index (χ1n) is 12.5. The van der Waals surface area contributed by atoms with Gasteiger partial charge in [0, 0.05) is 55.3 Å². The number of likely N-dealkylation sites (tertiary alicyclic amines) is 1. The molecule has 1 aromatic carbocycles. The van der Waals surface area contributed by atoms with Gasteiger partial charge in [-0.3, -0.25) is 4.90 Å². The van der Waals surface area contributed by atoms with Crippen molar-refractivity contribution >= 4 is 21.4 Å². The lowest BCUT2D eigenvalue weighted by Crippen LogP contribution is -2.44. The maximum atomic E-state index is 13.5. The minimum Gasteiger partial charge on any atom is -0.347 e. The predicted octanol–water partition coefficient (Wildman–Crippen LogP) is 3.65. The number of aromatic nitrogens is 4. The standard InChI is InChI=1S/C26H33N7O2S2/c1-20-8-14-36-24(20)17-32-13-2-3-22(16-32)31-15-21-4-6-23(7-5-21)37(34,35)33(18-25-27-9-10-28-25)19-26-29-11-12-30-26/h4-12,14,22,31H,2-3,13,15-19H2,1H3,(H,27,28)(H,29,30)/t22-/m0/s1. The van der Waals surface area contributed by atoms with Gasteiger partial charge < -0.3 is 15.3 Å². The largest absolute Gasteiger partial charge is 0.347 e. The number of nitrogens with one attached hydrogen (secondary N) is 3. The number of H-pyrrole nitrogens is 2. The normalized spacial score (nSPS) is 17.0. The van der Waals surface area contributed by atoms with Crippen LogP contribution in [-0.4, -0.2) is 56.7 Å². The highest BCUT2D eigenvalue weighted by Crippen LogP contribution is 2.22. The van der Waals surface area contributed by atoms with Crippen molar-refractivity contribution in [2.24, 2.45) is 0 Å². The van der Waals surface area contributed by atoms with E-state index in [-0.39, 0.29) is 18.0 Å². The lowest BCUT2D eigenvalue weighted by molar-refractivity contribution is 0.184. The predicted molar refractivity (Wildman–Crippen MR) is 144 cm³/mol. The highest BCUT2D eigenvalue weighted by atomic mass is 32.2. The number of aryl methyl sites for hydroxylation is 1. The first kappa shape index (κ1) is 25.8. The SMILES string of the molecule is Cc1ccsc1CN1CCC[C@H](NCc2ccc(S(=O)(=O)N(Cc3ncc[nH]3)Cc3ncc[nH]3)cc2)C1. The lowest BCUT2D eigenvalue weighted by Gasteiger charge is -2.33. The molecule has 0 bridgehead atoms. The molecule has 1 atom stereocenters. The number of benzene rings is 1. The van der Waals surface area contributed by atoms with E-state index in [2.05, 4.69) is 48.5 Å². The van der Waals surface area contributed by atoms with Crippen molar-refractivity contribution < 1.29 is 8.42 Å². The summed E-state index contributed by atoms with van der Waals surface area (Å²) < 4.78 is 28.4. The van der Waals surface area contributed by atoms with Crippen LogP contribution in [0.3, 0.4) is 0 Å². The van der Waals surface area contributed by atoms with E-state index in [1.165, 1.54) is 21.2 Å². The van der Waals surface area contributed by atoms with Crippen LogP contribution in [0.1, 0.15) is 40.5 Å². The third kappa shape index (κ3) is 6.55. The molecule has 0 saturated carbocycles. The zero-order valence-electron chi connectivity index (χ0n) is 20.9. The summed E-state index contributed by atoms with van der Waals surface area (Å²) in [6.07, 6.45) is 8.93. The number of hydrogen-bond donors (Lipinski definition) is 3. The van der Waals surface area contributed by atoms with Crippen LogP contribution < -0.4 is 5.32 Å². The van der Waals surface area contributed by atoms with Crippen LogP contribution in [0.15, 0.2) is 65.4 Å². The highest BCUT2D eigenvalue weighted by Gasteiger charge is 2.27. The molecule has 0 radical (unpaired) electrons. The first-order valence-corrected chi connectivity index (χ1v) is 14.8. The van der Waals surface area contributed by atoms with Crippen molar-refractivity contribution in [3.63, 3.8) is 0 Å². The first-order chi connectivity index (χ1) is 18.0. The Labute approximate surface area is 222 Å². The van der Waals surface area contributed by atoms with E-state index < -0.39 is 10.0 Å². The molecule has 3 N–H and O–H groups in total. The Bertz CT molecular complexity index is 1310. The molecule has 5 rings (SSSR count). The van der Waals surface area contributed by atoms with Gasteiger partial charge in [-0.2, -0.15) is 4.31 Å². The molecule has 11 heteroatoms. The second-order valence-corrected chi connectivity index (χ2v) is 12.4. The van der Waals surface area contributed by atoms with E-state index in [0.29, 0.717) is 24.2 Å². The molecule has 1 aliphatic rings. The lowest BCUT2D eigenvalue weighted by atomic mass is 10.0. The quantitative estimate of drug-likeness (QED) is 0.268. The van der Waals surface area contributed by atoms with Crippen molar-refractivity contribution in [3.05, 3.63) is 88.2 Å². The summed E-state index contributed by atoms with van der Waals surface area (Å²) in [7, 11) is -3.75. The number of rotatable bonds is 11. The molecule has 0 amide bonds. The number of nitrogens with zero attached hydrogens (tertiary/aromatic N) is 4. The summed E-state index contributed by atoms with van der Waals surface area (Å²) >= 11 is 1.84. The van der Waals surface area contributed by atoms with E-state index in [0.717, 1.165) is 31.6 Å². The van der Waals surface area contributed by atoms with Crippen molar-refractivity contribution in [3.8, 4) is 0 Å². The average Bonchev–Trinajstić information content (AvgIpc) is 3.68. The highest BCUT2D eigenvalue weighted by molar-refractivity contribution is 7.89. The van der Waals surface area contributed by atoms with E-state index >= 15 is 0 Å². The van der Waals surface area contributed by atoms with Crippen molar-refractivity contribution in [1.29, 1.82) is 0 Å². The van der Waals surface area contributed by atoms with Gasteiger partial charge in [0.1, 0.15) is 11.6 Å². The second-order valence-electron chi connectivity index (χ2n) is 9.47. The second kappa shape index (κ2) is 11.7. The van der Waals surface area contributed by atoms with E-state index in [1.54, 1.807) is 36.9 Å². The minimum absolute atomic E-state index is 0.127. The van der Waals surface area contributed by atoms with Crippen molar-refractivity contribution in [2.45, 2.75) is 56.9 Å². The van der Waals surface area contributed by atoms with Crippen LogP contribution in [0.25, 0.3) is 0 Å². The Morgan fingerprint density at radius 2 is 1.78 bits per heavy atom. The fourth-order valence-corrected chi connectivity index (χ4v) is 6.96. The van der Waals surface area contributed by atoms with Gasteiger partial charge in [0.25, 0.3) is 0 Å². The summed E-state index contributed by atoms with van der Waals surface area (Å²) in [5.41, 5.74) is 2.44. The van der Waals surface area contributed by atoms with Crippen LogP contribution in [0.4, 0.5) is 0 Å². The number of aromatic amines is 2. The molecular formula is C26H33N7O2S2. The van der Waals surface area contributed by atoms with Crippen LogP contribution >= 0.6 is 11.3 Å². The number of hydrogen-bond acceptors (Lipinski definition) is 7. The molecular weight excluding hydrogens is 506 g/mol. The minimum atomic E-state index is -3.75. The molecule has 196 valence electrons. The molecule has 37 heavy (non-hydrogen) atoms. The molecule has 0 unspecified atom stereocenters. The summed E-state index contributed by atoms with van der Waals surface area (Å²) in [6.45, 7) is 6.32.